The minimum atomic E-state index is -4.49. The smallest absolute Gasteiger partial charge is 0.412 e. The molecule has 3 rings (SSSR count). The lowest BCUT2D eigenvalue weighted by molar-refractivity contribution is -0.123. The number of ether oxygens (including phenoxy) is 1. The molecule has 2 unspecified atom stereocenters. The van der Waals surface area contributed by atoms with Crippen LogP contribution < -0.4 is 10.1 Å². The number of rotatable bonds is 15. The quantitative estimate of drug-likeness (QED) is 0.0759. The van der Waals surface area contributed by atoms with Gasteiger partial charge in [0.15, 0.2) is 5.78 Å². The number of hydrogen-bond donors (Lipinski definition) is 1. The summed E-state index contributed by atoms with van der Waals surface area (Å²) in [7, 11) is -0.879. The molecule has 0 spiro atoms. The molecule has 1 amide bonds. The normalized spacial score (nSPS) is 13.9. The fourth-order valence-electron chi connectivity index (χ4n) is 4.88. The number of Topliss-reactive ketones (excluding diaryl/α,β-unsaturated/α-hetero) is 1. The van der Waals surface area contributed by atoms with E-state index in [2.05, 4.69) is 13.5 Å². The molecular weight excluding hydrogens is 629 g/mol. The number of alkyl halides is 6. The number of allylic oxidation sites excluding steroid dienone is 4. The van der Waals surface area contributed by atoms with Gasteiger partial charge < -0.3 is 10.1 Å². The molecule has 5 nitrogen and oxygen atoms in total. The van der Waals surface area contributed by atoms with Crippen LogP contribution in [0.25, 0.3) is 10.9 Å². The first kappa shape index (κ1) is 36.6. The molecule has 0 saturated heterocycles. The zero-order valence-corrected chi connectivity index (χ0v) is 26.8. The molecule has 46 heavy (non-hydrogen) atoms. The van der Waals surface area contributed by atoms with Gasteiger partial charge in [0.1, 0.15) is 18.1 Å². The van der Waals surface area contributed by atoms with Gasteiger partial charge >= 0.3 is 12.4 Å². The highest BCUT2D eigenvalue weighted by Crippen LogP contribution is 2.38. The Morgan fingerprint density at radius 2 is 1.74 bits per heavy atom. The molecule has 248 valence electrons. The van der Waals surface area contributed by atoms with E-state index in [1.165, 1.54) is 18.2 Å². The lowest BCUT2D eigenvalue weighted by Gasteiger charge is -2.15. The zero-order chi connectivity index (χ0) is 34.1. The highest BCUT2D eigenvalue weighted by molar-refractivity contribution is 7.44. The maximum atomic E-state index is 12.9. The summed E-state index contributed by atoms with van der Waals surface area (Å²) in [5.74, 6) is 2.02. The van der Waals surface area contributed by atoms with Crippen molar-refractivity contribution in [3.05, 3.63) is 95.0 Å². The molecule has 3 aromatic rings. The predicted octanol–water partition coefficient (Wildman–Crippen LogP) is 10.2. The Kier molecular flexibility index (Phi) is 12.8. The summed E-state index contributed by atoms with van der Waals surface area (Å²) in [6.07, 6.45) is -0.982. The van der Waals surface area contributed by atoms with Crippen molar-refractivity contribution in [1.82, 2.24) is 10.1 Å². The second-order valence-electron chi connectivity index (χ2n) is 11.0. The molecule has 1 N–H and O–H groups in total. The van der Waals surface area contributed by atoms with Gasteiger partial charge in [-0.2, -0.15) is 26.3 Å². The Bertz CT molecular complexity index is 1590. The summed E-state index contributed by atoms with van der Waals surface area (Å²) in [6, 6.07) is 9.58. The Morgan fingerprint density at radius 1 is 1.04 bits per heavy atom. The second kappa shape index (κ2) is 16.1. The molecule has 0 fully saturated rings. The van der Waals surface area contributed by atoms with Crippen molar-refractivity contribution in [2.45, 2.75) is 71.4 Å². The van der Waals surface area contributed by atoms with E-state index in [4.69, 9.17) is 9.48 Å². The molecule has 0 aliphatic carbocycles. The van der Waals surface area contributed by atoms with E-state index >= 15 is 0 Å². The van der Waals surface area contributed by atoms with E-state index < -0.39 is 38.1 Å². The number of amides is 1. The van der Waals surface area contributed by atoms with Gasteiger partial charge in [-0.25, -0.2) is 4.75 Å². The molecule has 0 bridgehead atoms. The Labute approximate surface area is 265 Å². The standard InChI is InChI=1S/C34H37F6N2O3P/c1-5-8-24(19-46-20-29-23(4)28(17-18-30(29)42-46)32(44)41-21-33(35,36)37)9-7-10-31(43)25-12-15-27(16-13-25)45-26(6-2)14-11-22(3)34(38,39)40/h6,11-18,20,24H,2,5,7-10,19,21H2,1,3-4H3,(H,41,44)/b22-11+,26-14+. The zero-order valence-electron chi connectivity index (χ0n) is 25.9. The number of halogens is 6. The third-order valence-corrected chi connectivity index (χ3v) is 9.34. The van der Waals surface area contributed by atoms with E-state index in [1.54, 1.807) is 37.3 Å². The number of ketones is 1. The van der Waals surface area contributed by atoms with Gasteiger partial charge in [-0.15, -0.1) is 0 Å². The van der Waals surface area contributed by atoms with Crippen molar-refractivity contribution in [3.8, 4) is 5.75 Å². The van der Waals surface area contributed by atoms with Crippen LogP contribution in [0.1, 0.15) is 72.2 Å². The molecule has 0 radical (unpaired) electrons. The summed E-state index contributed by atoms with van der Waals surface area (Å²) in [4.78, 5) is 25.2. The number of carbonyl (C=O) groups is 2. The lowest BCUT2D eigenvalue weighted by atomic mass is 9.97. The number of benzene rings is 2. The molecule has 1 heterocycles. The van der Waals surface area contributed by atoms with Crippen molar-refractivity contribution >= 4 is 30.3 Å². The van der Waals surface area contributed by atoms with Gasteiger partial charge in [-0.05, 0) is 100 Å². The predicted molar refractivity (Wildman–Crippen MR) is 169 cm³/mol. The van der Waals surface area contributed by atoms with Crippen LogP contribution in [0.5, 0.6) is 5.75 Å². The number of aryl methyl sites for hydroxylation is 1. The van der Waals surface area contributed by atoms with Crippen LogP contribution in [0.2, 0.25) is 0 Å². The third-order valence-electron chi connectivity index (χ3n) is 7.42. The number of carbonyl (C=O) groups excluding carboxylic acids is 2. The van der Waals surface area contributed by atoms with E-state index in [9.17, 15) is 35.9 Å². The minimum Gasteiger partial charge on any atom is -0.457 e. The van der Waals surface area contributed by atoms with E-state index in [0.717, 1.165) is 49.3 Å². The Morgan fingerprint density at radius 3 is 2.35 bits per heavy atom. The highest BCUT2D eigenvalue weighted by Gasteiger charge is 2.29. The van der Waals surface area contributed by atoms with Gasteiger partial charge in [0.05, 0.1) is 5.52 Å². The van der Waals surface area contributed by atoms with Crippen molar-refractivity contribution in [2.75, 3.05) is 6.54 Å². The van der Waals surface area contributed by atoms with Crippen LogP contribution in [0.15, 0.2) is 78.3 Å². The van der Waals surface area contributed by atoms with Gasteiger partial charge in [0, 0.05) is 34.7 Å². The summed E-state index contributed by atoms with van der Waals surface area (Å²) in [5, 5.41) is 2.71. The average molecular weight is 667 g/mol. The van der Waals surface area contributed by atoms with Crippen LogP contribution >= 0.6 is 7.69 Å². The third kappa shape index (κ3) is 10.9. The molecule has 1 aromatic heterocycles. The van der Waals surface area contributed by atoms with Crippen LogP contribution in [-0.4, -0.2) is 35.3 Å². The second-order valence-corrected chi connectivity index (χ2v) is 12.7. The monoisotopic (exact) mass is 666 g/mol. The average Bonchev–Trinajstić information content (AvgIpc) is 3.41. The first-order valence-corrected chi connectivity index (χ1v) is 16.4. The molecular formula is C34H37F6N2O3P. The molecule has 0 aliphatic rings. The number of aromatic nitrogens is 1. The number of nitrogens with one attached hydrogen (secondary N) is 1. The number of hydrogen-bond acceptors (Lipinski definition) is 4. The summed E-state index contributed by atoms with van der Waals surface area (Å²) < 4.78 is 86.2. The first-order valence-electron chi connectivity index (χ1n) is 14.8. The number of fused-ring (bicyclic) bond motifs is 1. The maximum absolute atomic E-state index is 12.9. The van der Waals surface area contributed by atoms with Crippen LogP contribution in [0.4, 0.5) is 26.3 Å². The number of nitrogens with zero attached hydrogens (tertiary/aromatic N) is 1. The summed E-state index contributed by atoms with van der Waals surface area (Å²) >= 11 is 0. The molecule has 0 aliphatic heterocycles. The van der Waals surface area contributed by atoms with Gasteiger partial charge in [-0.1, -0.05) is 32.4 Å². The largest absolute Gasteiger partial charge is 0.457 e. The maximum Gasteiger partial charge on any atom is 0.412 e. The lowest BCUT2D eigenvalue weighted by Crippen LogP contribution is -2.34. The van der Waals surface area contributed by atoms with Crippen LogP contribution in [0, 0.1) is 12.8 Å². The van der Waals surface area contributed by atoms with Crippen LogP contribution in [-0.2, 0) is 6.16 Å². The van der Waals surface area contributed by atoms with E-state index in [1.807, 2.05) is 11.1 Å². The Hall–Kier alpha value is -3.85. The van der Waals surface area contributed by atoms with Gasteiger partial charge in [0.25, 0.3) is 5.91 Å². The van der Waals surface area contributed by atoms with Crippen molar-refractivity contribution < 1.29 is 40.7 Å². The van der Waals surface area contributed by atoms with Gasteiger partial charge in [0.2, 0.25) is 0 Å². The Balaban J connectivity index is 1.58. The fraction of sp³-hybridized carbons (Fsp3) is 0.382. The molecule has 2 aromatic carbocycles. The minimum absolute atomic E-state index is 0.0350. The van der Waals surface area contributed by atoms with E-state index in [-0.39, 0.29) is 17.1 Å². The summed E-state index contributed by atoms with van der Waals surface area (Å²) in [6.45, 7) is 6.93. The molecule has 0 saturated carbocycles. The van der Waals surface area contributed by atoms with E-state index in [0.29, 0.717) is 35.6 Å². The van der Waals surface area contributed by atoms with Crippen molar-refractivity contribution in [1.29, 1.82) is 0 Å². The first-order chi connectivity index (χ1) is 21.6. The van der Waals surface area contributed by atoms with Crippen molar-refractivity contribution in [2.24, 2.45) is 5.92 Å². The van der Waals surface area contributed by atoms with Crippen molar-refractivity contribution in [3.63, 3.8) is 0 Å². The fourth-order valence-corrected chi connectivity index (χ4v) is 7.10. The molecule has 2 atom stereocenters. The van der Waals surface area contributed by atoms with Crippen LogP contribution in [0.3, 0.4) is 0 Å². The molecule has 12 heteroatoms. The highest BCUT2D eigenvalue weighted by atomic mass is 31.1. The SMILES string of the molecule is C=C/C(=C\C=C(/C)C(F)(F)F)Oc1ccc(C(=O)CCCC(CCC)Cp2cc3c(C)c(C(=O)NCC(F)(F)F)ccc3n2)cc1. The van der Waals surface area contributed by atoms with Gasteiger partial charge in [-0.3, -0.25) is 9.59 Å². The summed E-state index contributed by atoms with van der Waals surface area (Å²) in [5.41, 5.74) is 1.25. The topological polar surface area (TPSA) is 68.3 Å².